The lowest BCUT2D eigenvalue weighted by Crippen LogP contribution is -2.58. The molecule has 0 aromatic heterocycles. The molecule has 0 saturated carbocycles. The Balaban J connectivity index is 1.31. The van der Waals surface area contributed by atoms with Crippen molar-refractivity contribution in [2.45, 2.75) is 80.1 Å². The first-order chi connectivity index (χ1) is 21.2. The smallest absolute Gasteiger partial charge is 0.147 e. The fourth-order valence-corrected chi connectivity index (χ4v) is 6.87. The molecule has 1 spiro atoms. The Hall–Kier alpha value is -2.84. The van der Waals surface area contributed by atoms with E-state index in [4.69, 9.17) is 14.2 Å². The van der Waals surface area contributed by atoms with Gasteiger partial charge in [-0.15, -0.1) is 0 Å². The van der Waals surface area contributed by atoms with Crippen LogP contribution in [0.15, 0.2) is 36.4 Å². The minimum Gasteiger partial charge on any atom is -0.394 e. The Labute approximate surface area is 255 Å². The first kappa shape index (κ1) is 31.2. The lowest BCUT2D eigenvalue weighted by molar-refractivity contribution is -0.214. The standard InChI is InChI=1S/C34H38O10/c1-18-27(16-35)43-25(30(38)29(18)37)8-4-19-2-6-21-22-7-3-20(5-9-26-31(39)33(41)32(40)28(17-36)44-26)15-24(22)34(23(21)14-19)10-12-42-13-11-34/h2-3,6-7,14-15,18,25-33,35-41H,10-13,16-17H2,1H3/t18-,25-,26-,27-,28-,29+,30-,31-,32-,33-/m1/s1. The maximum Gasteiger partial charge on any atom is 0.147 e. The number of hydrogen-bond donors (Lipinski definition) is 7. The Morgan fingerprint density at radius 1 is 0.682 bits per heavy atom. The van der Waals surface area contributed by atoms with Gasteiger partial charge in [0.1, 0.15) is 42.7 Å². The molecule has 2 aromatic carbocycles. The van der Waals surface area contributed by atoms with E-state index in [-0.39, 0.29) is 12.0 Å². The Morgan fingerprint density at radius 2 is 1.18 bits per heavy atom. The number of benzene rings is 2. The summed E-state index contributed by atoms with van der Waals surface area (Å²) >= 11 is 0. The highest BCUT2D eigenvalue weighted by Crippen LogP contribution is 2.54. The fraction of sp³-hybridized carbons (Fsp3) is 0.529. The minimum absolute atomic E-state index is 0.278. The fourth-order valence-electron chi connectivity index (χ4n) is 6.87. The summed E-state index contributed by atoms with van der Waals surface area (Å²) < 4.78 is 17.1. The zero-order valence-corrected chi connectivity index (χ0v) is 24.3. The van der Waals surface area contributed by atoms with Crippen molar-refractivity contribution in [1.29, 1.82) is 0 Å². The van der Waals surface area contributed by atoms with Crippen LogP contribution in [0.5, 0.6) is 0 Å². The SMILES string of the molecule is C[C@H]1[C@H](O)[C@H](O)[C@@H](C#Cc2ccc3c(c2)C2(CCOCC2)c2cc(C#C[C@H]4O[C@H](CO)[C@@H](O)[C@H](O)[C@@H]4O)ccc2-3)O[C@@H]1CO. The zero-order valence-electron chi connectivity index (χ0n) is 24.3. The molecule has 3 heterocycles. The molecule has 44 heavy (non-hydrogen) atoms. The highest BCUT2D eigenvalue weighted by atomic mass is 16.5. The maximum atomic E-state index is 10.5. The van der Waals surface area contributed by atoms with Crippen LogP contribution in [0.3, 0.4) is 0 Å². The number of hydrogen-bond acceptors (Lipinski definition) is 10. The molecule has 7 N–H and O–H groups in total. The molecule has 3 saturated heterocycles. The number of ether oxygens (including phenoxy) is 3. The van der Waals surface area contributed by atoms with Gasteiger partial charge in [-0.25, -0.2) is 0 Å². The second-order valence-corrected chi connectivity index (χ2v) is 12.1. The van der Waals surface area contributed by atoms with Gasteiger partial charge in [-0.1, -0.05) is 42.7 Å². The van der Waals surface area contributed by atoms with Gasteiger partial charge in [-0.3, -0.25) is 0 Å². The molecular formula is C34H38O10. The summed E-state index contributed by atoms with van der Waals surface area (Å²) in [5.41, 5.74) is 5.47. The van der Waals surface area contributed by atoms with Gasteiger partial charge in [0.25, 0.3) is 0 Å². The lowest BCUT2D eigenvalue weighted by atomic mass is 9.72. The van der Waals surface area contributed by atoms with E-state index < -0.39 is 67.5 Å². The Morgan fingerprint density at radius 3 is 1.70 bits per heavy atom. The summed E-state index contributed by atoms with van der Waals surface area (Å²) in [5.74, 6) is 11.6. The molecule has 3 aliphatic heterocycles. The van der Waals surface area contributed by atoms with Gasteiger partial charge in [0.05, 0.1) is 25.4 Å². The van der Waals surface area contributed by atoms with E-state index in [2.05, 4.69) is 29.7 Å². The predicted molar refractivity (Wildman–Crippen MR) is 157 cm³/mol. The molecule has 3 fully saturated rings. The third-order valence-electron chi connectivity index (χ3n) is 9.60. The molecular weight excluding hydrogens is 568 g/mol. The van der Waals surface area contributed by atoms with E-state index in [0.29, 0.717) is 18.8 Å². The first-order valence-corrected chi connectivity index (χ1v) is 15.0. The van der Waals surface area contributed by atoms with Gasteiger partial charge in [0.15, 0.2) is 0 Å². The van der Waals surface area contributed by atoms with Crippen LogP contribution in [0.4, 0.5) is 0 Å². The summed E-state index contributed by atoms with van der Waals surface area (Å²) in [5, 5.41) is 70.7. The van der Waals surface area contributed by atoms with Crippen molar-refractivity contribution < 1.29 is 50.0 Å². The van der Waals surface area contributed by atoms with Crippen molar-refractivity contribution in [3.8, 4) is 34.8 Å². The number of aliphatic hydroxyl groups excluding tert-OH is 7. The van der Waals surface area contributed by atoms with E-state index in [1.165, 1.54) is 0 Å². The van der Waals surface area contributed by atoms with Crippen molar-refractivity contribution >= 4 is 0 Å². The molecule has 0 amide bonds. The van der Waals surface area contributed by atoms with Crippen molar-refractivity contribution in [2.24, 2.45) is 5.92 Å². The number of rotatable bonds is 2. The van der Waals surface area contributed by atoms with Gasteiger partial charge in [-0.05, 0) is 59.4 Å². The molecule has 0 unspecified atom stereocenters. The molecule has 1 aliphatic carbocycles. The van der Waals surface area contributed by atoms with Crippen LogP contribution in [0.1, 0.15) is 42.0 Å². The second kappa shape index (κ2) is 12.5. The number of aliphatic hydroxyl groups is 7. The third-order valence-corrected chi connectivity index (χ3v) is 9.60. The van der Waals surface area contributed by atoms with E-state index in [1.54, 1.807) is 6.92 Å². The molecule has 10 heteroatoms. The van der Waals surface area contributed by atoms with Crippen molar-refractivity contribution in [1.82, 2.24) is 0 Å². The average molecular weight is 607 g/mol. The normalized spacial score (nSPS) is 35.5. The largest absolute Gasteiger partial charge is 0.394 e. The van der Waals surface area contributed by atoms with Crippen LogP contribution in [0.2, 0.25) is 0 Å². The Bertz CT molecular complexity index is 1390. The van der Waals surface area contributed by atoms with Crippen LogP contribution in [-0.2, 0) is 19.6 Å². The number of fused-ring (bicyclic) bond motifs is 5. The van der Waals surface area contributed by atoms with E-state index >= 15 is 0 Å². The van der Waals surface area contributed by atoms with Crippen molar-refractivity contribution in [3.63, 3.8) is 0 Å². The van der Waals surface area contributed by atoms with Crippen molar-refractivity contribution in [3.05, 3.63) is 58.7 Å². The molecule has 6 rings (SSSR count). The molecule has 10 nitrogen and oxygen atoms in total. The van der Waals surface area contributed by atoms with Gasteiger partial charge in [0, 0.05) is 35.7 Å². The molecule has 4 aliphatic rings. The topological polar surface area (TPSA) is 169 Å². The van der Waals surface area contributed by atoms with Gasteiger partial charge in [-0.2, -0.15) is 0 Å². The average Bonchev–Trinajstić information content (AvgIpc) is 3.29. The van der Waals surface area contributed by atoms with Crippen molar-refractivity contribution in [2.75, 3.05) is 26.4 Å². The van der Waals surface area contributed by atoms with Crippen LogP contribution in [0, 0.1) is 29.6 Å². The maximum absolute atomic E-state index is 10.5. The van der Waals surface area contributed by atoms with Gasteiger partial charge >= 0.3 is 0 Å². The zero-order chi connectivity index (χ0) is 31.2. The highest BCUT2D eigenvalue weighted by Gasteiger charge is 2.45. The molecule has 0 bridgehead atoms. The van der Waals surface area contributed by atoms with Crippen LogP contribution < -0.4 is 0 Å². The summed E-state index contributed by atoms with van der Waals surface area (Å²) in [6.07, 6.45) is -8.78. The minimum atomic E-state index is -1.49. The summed E-state index contributed by atoms with van der Waals surface area (Å²) in [6.45, 7) is 2.08. The van der Waals surface area contributed by atoms with E-state index in [9.17, 15) is 35.7 Å². The van der Waals surface area contributed by atoms with Gasteiger partial charge < -0.3 is 50.0 Å². The third kappa shape index (κ3) is 5.36. The summed E-state index contributed by atoms with van der Waals surface area (Å²) in [4.78, 5) is 0. The van der Waals surface area contributed by atoms with E-state index in [0.717, 1.165) is 40.7 Å². The van der Waals surface area contributed by atoms with Crippen LogP contribution >= 0.6 is 0 Å². The van der Waals surface area contributed by atoms with Crippen LogP contribution in [0.25, 0.3) is 11.1 Å². The molecule has 0 radical (unpaired) electrons. The highest BCUT2D eigenvalue weighted by molar-refractivity contribution is 5.82. The molecule has 10 atom stereocenters. The first-order valence-electron chi connectivity index (χ1n) is 15.0. The summed E-state index contributed by atoms with van der Waals surface area (Å²) in [7, 11) is 0. The lowest BCUT2D eigenvalue weighted by Gasteiger charge is -2.39. The quantitative estimate of drug-likeness (QED) is 0.220. The van der Waals surface area contributed by atoms with Crippen LogP contribution in [-0.4, -0.2) is 117 Å². The van der Waals surface area contributed by atoms with E-state index in [1.807, 2.05) is 30.3 Å². The predicted octanol–water partition coefficient (Wildman–Crippen LogP) is -0.573. The monoisotopic (exact) mass is 606 g/mol. The summed E-state index contributed by atoms with van der Waals surface area (Å²) in [6, 6.07) is 12.0. The Kier molecular flexibility index (Phi) is 8.86. The second-order valence-electron chi connectivity index (χ2n) is 12.1. The van der Waals surface area contributed by atoms with Gasteiger partial charge in [0.2, 0.25) is 0 Å². The molecule has 2 aromatic rings. The molecule has 234 valence electrons.